The van der Waals surface area contributed by atoms with Crippen molar-refractivity contribution in [2.45, 2.75) is 18.5 Å². The molecule has 0 bridgehead atoms. The minimum absolute atomic E-state index is 0.144. The molecule has 9 heteroatoms. The van der Waals surface area contributed by atoms with Gasteiger partial charge >= 0.3 is 0 Å². The molecule has 1 unspecified atom stereocenters. The standard InChI is InChI=1S/C17H20N6O2S/c1-12-15(16(24)23(21(12)2)14-6-4-3-5-7-14)22-17(18-19-20-22)26-11-13-8-9-25-10-13/h3-7,13H,8-11H2,1-2H3. The highest BCUT2D eigenvalue weighted by Gasteiger charge is 2.23. The van der Waals surface area contributed by atoms with Crippen LogP contribution in [0.15, 0.2) is 40.3 Å². The van der Waals surface area contributed by atoms with Crippen LogP contribution in [0.3, 0.4) is 0 Å². The van der Waals surface area contributed by atoms with Gasteiger partial charge in [0, 0.05) is 19.4 Å². The van der Waals surface area contributed by atoms with Crippen molar-refractivity contribution in [1.29, 1.82) is 0 Å². The van der Waals surface area contributed by atoms with Gasteiger partial charge in [-0.3, -0.25) is 9.48 Å². The molecule has 1 aromatic carbocycles. The van der Waals surface area contributed by atoms with Crippen molar-refractivity contribution in [1.82, 2.24) is 29.6 Å². The number of nitrogens with zero attached hydrogens (tertiary/aromatic N) is 6. The minimum Gasteiger partial charge on any atom is -0.381 e. The van der Waals surface area contributed by atoms with Crippen LogP contribution in [0.5, 0.6) is 0 Å². The predicted octanol–water partition coefficient (Wildman–Crippen LogP) is 1.59. The Morgan fingerprint density at radius 2 is 2.12 bits per heavy atom. The minimum atomic E-state index is -0.144. The topological polar surface area (TPSA) is 79.8 Å². The summed E-state index contributed by atoms with van der Waals surface area (Å²) in [5, 5.41) is 12.6. The van der Waals surface area contributed by atoms with Crippen molar-refractivity contribution in [3.8, 4) is 11.4 Å². The highest BCUT2D eigenvalue weighted by Crippen LogP contribution is 2.25. The number of hydrogen-bond donors (Lipinski definition) is 0. The van der Waals surface area contributed by atoms with Crippen molar-refractivity contribution >= 4 is 11.8 Å². The maximum absolute atomic E-state index is 13.1. The van der Waals surface area contributed by atoms with Gasteiger partial charge in [-0.05, 0) is 41.8 Å². The number of hydrogen-bond acceptors (Lipinski definition) is 6. The van der Waals surface area contributed by atoms with Crippen molar-refractivity contribution < 1.29 is 4.74 Å². The Balaban J connectivity index is 1.71. The van der Waals surface area contributed by atoms with E-state index in [1.807, 2.05) is 49.0 Å². The van der Waals surface area contributed by atoms with Gasteiger partial charge < -0.3 is 4.74 Å². The molecule has 4 rings (SSSR count). The first-order chi connectivity index (χ1) is 12.7. The number of thioether (sulfide) groups is 1. The molecule has 0 N–H and O–H groups in total. The molecule has 0 saturated carbocycles. The fourth-order valence-electron chi connectivity index (χ4n) is 3.11. The number of rotatable bonds is 5. The van der Waals surface area contributed by atoms with E-state index < -0.39 is 0 Å². The number of aromatic nitrogens is 6. The van der Waals surface area contributed by atoms with Crippen LogP contribution in [0.1, 0.15) is 12.1 Å². The molecular weight excluding hydrogens is 352 g/mol. The van der Waals surface area contributed by atoms with E-state index in [0.29, 0.717) is 16.8 Å². The third-order valence-corrected chi connectivity index (χ3v) is 5.80. The third kappa shape index (κ3) is 2.97. The van der Waals surface area contributed by atoms with E-state index >= 15 is 0 Å². The molecule has 0 spiro atoms. The number of benzene rings is 1. The van der Waals surface area contributed by atoms with E-state index in [9.17, 15) is 4.79 Å². The molecule has 1 aliphatic heterocycles. The smallest absolute Gasteiger partial charge is 0.297 e. The van der Waals surface area contributed by atoms with Gasteiger partial charge in [0.15, 0.2) is 5.69 Å². The SMILES string of the molecule is Cc1c(-n2nnnc2SCC2CCOC2)c(=O)n(-c2ccccc2)n1C. The highest BCUT2D eigenvalue weighted by molar-refractivity contribution is 7.99. The molecule has 1 atom stereocenters. The molecule has 3 heterocycles. The average Bonchev–Trinajstić information content (AvgIpc) is 3.36. The van der Waals surface area contributed by atoms with E-state index in [1.54, 1.807) is 21.1 Å². The van der Waals surface area contributed by atoms with Crippen LogP contribution < -0.4 is 5.56 Å². The maximum Gasteiger partial charge on any atom is 0.297 e. The lowest BCUT2D eigenvalue weighted by molar-refractivity contribution is 0.189. The molecule has 0 amide bonds. The Kier molecular flexibility index (Phi) is 4.64. The van der Waals surface area contributed by atoms with E-state index in [-0.39, 0.29) is 5.56 Å². The fraction of sp³-hybridized carbons (Fsp3) is 0.412. The fourth-order valence-corrected chi connectivity index (χ4v) is 4.11. The Bertz CT molecular complexity index is 956. The normalized spacial score (nSPS) is 17.1. The zero-order valence-corrected chi connectivity index (χ0v) is 15.5. The van der Waals surface area contributed by atoms with Crippen molar-refractivity contribution in [3.05, 3.63) is 46.4 Å². The number of para-hydroxylation sites is 1. The van der Waals surface area contributed by atoms with Gasteiger partial charge in [0.05, 0.1) is 18.0 Å². The lowest BCUT2D eigenvalue weighted by atomic mass is 10.2. The molecule has 0 radical (unpaired) electrons. The second-order valence-corrected chi connectivity index (χ2v) is 7.31. The summed E-state index contributed by atoms with van der Waals surface area (Å²) in [5.41, 5.74) is 1.94. The van der Waals surface area contributed by atoms with E-state index in [0.717, 1.165) is 36.8 Å². The molecule has 0 aliphatic carbocycles. The van der Waals surface area contributed by atoms with Gasteiger partial charge in [-0.15, -0.1) is 5.10 Å². The first-order valence-corrected chi connectivity index (χ1v) is 9.48. The van der Waals surface area contributed by atoms with Gasteiger partial charge in [-0.2, -0.15) is 4.68 Å². The first-order valence-electron chi connectivity index (χ1n) is 8.50. The quantitative estimate of drug-likeness (QED) is 0.633. The lowest BCUT2D eigenvalue weighted by Gasteiger charge is -2.07. The second-order valence-electron chi connectivity index (χ2n) is 6.32. The van der Waals surface area contributed by atoms with Gasteiger partial charge in [-0.1, -0.05) is 30.0 Å². The van der Waals surface area contributed by atoms with E-state index in [4.69, 9.17) is 4.74 Å². The molecule has 1 saturated heterocycles. The zero-order valence-electron chi connectivity index (χ0n) is 14.7. The molecule has 26 heavy (non-hydrogen) atoms. The van der Waals surface area contributed by atoms with Crippen LogP contribution in [0.4, 0.5) is 0 Å². The average molecular weight is 372 g/mol. The Morgan fingerprint density at radius 3 is 2.85 bits per heavy atom. The zero-order chi connectivity index (χ0) is 18.1. The van der Waals surface area contributed by atoms with Crippen LogP contribution in [0, 0.1) is 12.8 Å². The molecule has 136 valence electrons. The Hall–Kier alpha value is -2.39. The monoisotopic (exact) mass is 372 g/mol. The third-order valence-electron chi connectivity index (χ3n) is 4.65. The molecular formula is C17H20N6O2S. The predicted molar refractivity (Wildman–Crippen MR) is 98.1 cm³/mol. The van der Waals surface area contributed by atoms with Gasteiger partial charge in [0.1, 0.15) is 0 Å². The summed E-state index contributed by atoms with van der Waals surface area (Å²) >= 11 is 1.56. The summed E-state index contributed by atoms with van der Waals surface area (Å²) in [6.45, 7) is 3.49. The summed E-state index contributed by atoms with van der Waals surface area (Å²) in [6.07, 6.45) is 1.06. The first kappa shape index (κ1) is 17.0. The van der Waals surface area contributed by atoms with Crippen LogP contribution in [0.25, 0.3) is 11.4 Å². The summed E-state index contributed by atoms with van der Waals surface area (Å²) in [5.74, 6) is 1.38. The van der Waals surface area contributed by atoms with Gasteiger partial charge in [0.25, 0.3) is 5.56 Å². The van der Waals surface area contributed by atoms with Crippen LogP contribution >= 0.6 is 11.8 Å². The van der Waals surface area contributed by atoms with Crippen molar-refractivity contribution in [2.75, 3.05) is 19.0 Å². The summed E-state index contributed by atoms with van der Waals surface area (Å²) in [4.78, 5) is 13.1. The van der Waals surface area contributed by atoms with Crippen LogP contribution in [-0.2, 0) is 11.8 Å². The number of tetrazole rings is 1. The van der Waals surface area contributed by atoms with Gasteiger partial charge in [0.2, 0.25) is 5.16 Å². The van der Waals surface area contributed by atoms with E-state index in [1.165, 1.54) is 0 Å². The largest absolute Gasteiger partial charge is 0.381 e. The Morgan fingerprint density at radius 1 is 1.31 bits per heavy atom. The van der Waals surface area contributed by atoms with Crippen molar-refractivity contribution in [2.24, 2.45) is 13.0 Å². The molecule has 1 fully saturated rings. The molecule has 8 nitrogen and oxygen atoms in total. The molecule has 1 aliphatic rings. The summed E-state index contributed by atoms with van der Waals surface area (Å²) in [6, 6.07) is 9.55. The summed E-state index contributed by atoms with van der Waals surface area (Å²) in [7, 11) is 1.86. The second kappa shape index (κ2) is 7.08. The van der Waals surface area contributed by atoms with E-state index in [2.05, 4.69) is 15.5 Å². The maximum atomic E-state index is 13.1. The molecule has 3 aromatic rings. The van der Waals surface area contributed by atoms with Crippen molar-refractivity contribution in [3.63, 3.8) is 0 Å². The summed E-state index contributed by atoms with van der Waals surface area (Å²) < 4.78 is 10.4. The molecule has 2 aromatic heterocycles. The lowest BCUT2D eigenvalue weighted by Crippen LogP contribution is -2.22. The van der Waals surface area contributed by atoms with Crippen LogP contribution in [0.2, 0.25) is 0 Å². The van der Waals surface area contributed by atoms with Crippen LogP contribution in [-0.4, -0.2) is 48.5 Å². The Labute approximate surface area is 154 Å². The number of ether oxygens (including phenoxy) is 1. The highest BCUT2D eigenvalue weighted by atomic mass is 32.2. The van der Waals surface area contributed by atoms with Gasteiger partial charge in [-0.25, -0.2) is 4.68 Å².